The van der Waals surface area contributed by atoms with E-state index in [2.05, 4.69) is 31.4 Å². The lowest BCUT2D eigenvalue weighted by molar-refractivity contribution is -0.137. The van der Waals surface area contributed by atoms with Gasteiger partial charge in [-0.05, 0) is 32.1 Å². The van der Waals surface area contributed by atoms with Gasteiger partial charge >= 0.3 is 12.0 Å². The van der Waals surface area contributed by atoms with Crippen molar-refractivity contribution in [3.8, 4) is 0 Å². The van der Waals surface area contributed by atoms with Gasteiger partial charge < -0.3 is 15.7 Å². The third-order valence-corrected chi connectivity index (χ3v) is 2.67. The molecule has 0 radical (unpaired) electrons. The zero-order valence-electron chi connectivity index (χ0n) is 13.0. The molecule has 0 aromatic carbocycles. The normalized spacial score (nSPS) is 13.8. The number of carbonyl (C=O) groups is 2. The molecule has 0 rings (SSSR count). The minimum Gasteiger partial charge on any atom is -0.481 e. The van der Waals surface area contributed by atoms with Gasteiger partial charge in [-0.25, -0.2) is 4.79 Å². The molecular weight excluding hydrogens is 244 g/mol. The highest BCUT2D eigenvalue weighted by Gasteiger charge is 2.27. The highest BCUT2D eigenvalue weighted by atomic mass is 16.4. The van der Waals surface area contributed by atoms with Crippen molar-refractivity contribution >= 4 is 12.0 Å². The summed E-state index contributed by atoms with van der Waals surface area (Å²) in [6.07, 6.45) is 1.38. The summed E-state index contributed by atoms with van der Waals surface area (Å²) in [5.41, 5.74) is -0.216. The number of nitrogens with one attached hydrogen (secondary N) is 2. The van der Waals surface area contributed by atoms with Gasteiger partial charge in [-0.15, -0.1) is 0 Å². The monoisotopic (exact) mass is 272 g/mol. The second kappa shape index (κ2) is 6.78. The number of urea groups is 1. The van der Waals surface area contributed by atoms with E-state index in [0.29, 0.717) is 6.42 Å². The van der Waals surface area contributed by atoms with Crippen molar-refractivity contribution < 1.29 is 14.7 Å². The molecule has 0 saturated heterocycles. The van der Waals surface area contributed by atoms with Crippen LogP contribution in [0.25, 0.3) is 0 Å². The fourth-order valence-corrected chi connectivity index (χ4v) is 2.41. The smallest absolute Gasteiger partial charge is 0.315 e. The average molecular weight is 272 g/mol. The zero-order chi connectivity index (χ0) is 15.3. The van der Waals surface area contributed by atoms with E-state index >= 15 is 0 Å². The Morgan fingerprint density at radius 3 is 2.05 bits per heavy atom. The van der Waals surface area contributed by atoms with Crippen molar-refractivity contribution in [1.29, 1.82) is 0 Å². The van der Waals surface area contributed by atoms with Crippen LogP contribution in [-0.4, -0.2) is 28.7 Å². The first-order valence-electron chi connectivity index (χ1n) is 6.75. The largest absolute Gasteiger partial charge is 0.481 e. The maximum absolute atomic E-state index is 11.9. The number of carbonyl (C=O) groups excluding carboxylic acids is 1. The summed E-state index contributed by atoms with van der Waals surface area (Å²) in [5.74, 6) is -0.902. The molecule has 3 N–H and O–H groups in total. The number of carboxylic acid groups (broad SMARTS) is 1. The zero-order valence-corrected chi connectivity index (χ0v) is 13.0. The lowest BCUT2D eigenvalue weighted by Crippen LogP contribution is -2.52. The van der Waals surface area contributed by atoms with Crippen LogP contribution in [0, 0.1) is 5.41 Å². The highest BCUT2D eigenvalue weighted by Crippen LogP contribution is 2.26. The molecular formula is C14H28N2O3. The Bertz CT molecular complexity index is 319. The first-order valence-corrected chi connectivity index (χ1v) is 6.75. The van der Waals surface area contributed by atoms with Crippen LogP contribution in [0.1, 0.15) is 60.8 Å². The fraction of sp³-hybridized carbons (Fsp3) is 0.857. The van der Waals surface area contributed by atoms with Crippen molar-refractivity contribution in [2.24, 2.45) is 5.41 Å². The van der Waals surface area contributed by atoms with Crippen molar-refractivity contribution in [3.05, 3.63) is 0 Å². The highest BCUT2D eigenvalue weighted by molar-refractivity contribution is 5.76. The van der Waals surface area contributed by atoms with Gasteiger partial charge in [0.1, 0.15) is 0 Å². The van der Waals surface area contributed by atoms with Gasteiger partial charge in [0.15, 0.2) is 0 Å². The second-order valence-corrected chi connectivity index (χ2v) is 6.92. The van der Waals surface area contributed by atoms with Gasteiger partial charge in [-0.1, -0.05) is 27.7 Å². The van der Waals surface area contributed by atoms with Gasteiger partial charge in [-0.2, -0.15) is 0 Å². The summed E-state index contributed by atoms with van der Waals surface area (Å²) in [6.45, 7) is 12.1. The van der Waals surface area contributed by atoms with Crippen LogP contribution in [-0.2, 0) is 4.79 Å². The van der Waals surface area contributed by atoms with Crippen LogP contribution < -0.4 is 10.6 Å². The molecule has 2 amide bonds. The molecule has 0 fully saturated rings. The minimum absolute atomic E-state index is 0.0520. The lowest BCUT2D eigenvalue weighted by atomic mass is 9.82. The Balaban J connectivity index is 4.39. The Morgan fingerprint density at radius 2 is 1.68 bits per heavy atom. The predicted octanol–water partition coefficient (Wildman–Crippen LogP) is 2.75. The number of aliphatic carboxylic acids is 1. The Kier molecular flexibility index (Phi) is 6.33. The van der Waals surface area contributed by atoms with Gasteiger partial charge in [0.2, 0.25) is 0 Å². The van der Waals surface area contributed by atoms with Gasteiger partial charge in [0.25, 0.3) is 0 Å². The SMILES string of the molecule is CCC(CC(=O)O)NC(=O)NC(C)(C)CC(C)(C)C. The van der Waals surface area contributed by atoms with E-state index < -0.39 is 5.97 Å². The molecule has 0 saturated carbocycles. The van der Waals surface area contributed by atoms with Crippen LogP contribution in [0.4, 0.5) is 4.79 Å². The number of carboxylic acids is 1. The minimum atomic E-state index is -0.902. The van der Waals surface area contributed by atoms with E-state index in [4.69, 9.17) is 5.11 Å². The topological polar surface area (TPSA) is 78.4 Å². The predicted molar refractivity (Wildman–Crippen MR) is 76.2 cm³/mol. The summed E-state index contributed by atoms with van der Waals surface area (Å²) < 4.78 is 0. The van der Waals surface area contributed by atoms with E-state index in [1.165, 1.54) is 0 Å². The molecule has 0 aliphatic heterocycles. The van der Waals surface area contributed by atoms with E-state index in [1.807, 2.05) is 20.8 Å². The molecule has 0 aliphatic carbocycles. The summed E-state index contributed by atoms with van der Waals surface area (Å²) in [5, 5.41) is 14.4. The van der Waals surface area contributed by atoms with Crippen LogP contribution in [0.2, 0.25) is 0 Å². The van der Waals surface area contributed by atoms with Crippen molar-refractivity contribution in [2.45, 2.75) is 72.4 Å². The standard InChI is InChI=1S/C14H28N2O3/c1-7-10(8-11(17)18)15-12(19)16-14(5,6)9-13(2,3)4/h10H,7-9H2,1-6H3,(H,17,18)(H2,15,16,19). The van der Waals surface area contributed by atoms with Crippen molar-refractivity contribution in [1.82, 2.24) is 10.6 Å². The van der Waals surface area contributed by atoms with Gasteiger partial charge in [0.05, 0.1) is 6.42 Å². The summed E-state index contributed by atoms with van der Waals surface area (Å²) in [7, 11) is 0. The fourth-order valence-electron chi connectivity index (χ4n) is 2.41. The number of hydrogen-bond donors (Lipinski definition) is 3. The lowest BCUT2D eigenvalue weighted by Gasteiger charge is -2.33. The van der Waals surface area contributed by atoms with E-state index in [-0.39, 0.29) is 29.4 Å². The summed E-state index contributed by atoms with van der Waals surface area (Å²) in [4.78, 5) is 22.5. The summed E-state index contributed by atoms with van der Waals surface area (Å²) in [6, 6.07) is -0.634. The Labute approximate surface area is 116 Å². The molecule has 1 unspecified atom stereocenters. The van der Waals surface area contributed by atoms with Crippen LogP contribution >= 0.6 is 0 Å². The molecule has 1 atom stereocenters. The Hall–Kier alpha value is -1.26. The Morgan fingerprint density at radius 1 is 1.16 bits per heavy atom. The van der Waals surface area contributed by atoms with Crippen molar-refractivity contribution in [3.63, 3.8) is 0 Å². The molecule has 0 aromatic rings. The van der Waals surface area contributed by atoms with E-state index in [9.17, 15) is 9.59 Å². The molecule has 0 bridgehead atoms. The maximum Gasteiger partial charge on any atom is 0.315 e. The molecule has 5 nitrogen and oxygen atoms in total. The second-order valence-electron chi connectivity index (χ2n) is 6.92. The van der Waals surface area contributed by atoms with Crippen LogP contribution in [0.3, 0.4) is 0 Å². The maximum atomic E-state index is 11.9. The quantitative estimate of drug-likeness (QED) is 0.695. The molecule has 0 aliphatic rings. The van der Waals surface area contributed by atoms with Crippen LogP contribution in [0.5, 0.6) is 0 Å². The number of hydrogen-bond acceptors (Lipinski definition) is 2. The molecule has 19 heavy (non-hydrogen) atoms. The average Bonchev–Trinajstić information content (AvgIpc) is 2.10. The molecule has 0 aromatic heterocycles. The van der Waals surface area contributed by atoms with Crippen LogP contribution in [0.15, 0.2) is 0 Å². The van der Waals surface area contributed by atoms with Gasteiger partial charge in [-0.3, -0.25) is 4.79 Å². The van der Waals surface area contributed by atoms with Gasteiger partial charge in [0, 0.05) is 11.6 Å². The molecule has 0 heterocycles. The third kappa shape index (κ3) is 9.33. The molecule has 5 heteroatoms. The first-order chi connectivity index (χ1) is 8.45. The molecule has 112 valence electrons. The first kappa shape index (κ1) is 17.7. The van der Waals surface area contributed by atoms with E-state index in [1.54, 1.807) is 0 Å². The number of amides is 2. The third-order valence-electron chi connectivity index (χ3n) is 2.67. The van der Waals surface area contributed by atoms with E-state index in [0.717, 1.165) is 6.42 Å². The van der Waals surface area contributed by atoms with Crippen molar-refractivity contribution in [2.75, 3.05) is 0 Å². The molecule has 0 spiro atoms. The summed E-state index contributed by atoms with van der Waals surface area (Å²) >= 11 is 0. The number of rotatable bonds is 6.